The van der Waals surface area contributed by atoms with Crippen LogP contribution >= 0.6 is 0 Å². The molecule has 4 fully saturated rings. The maximum Gasteiger partial charge on any atom is 0.228 e. The molecule has 2 saturated carbocycles. The summed E-state index contributed by atoms with van der Waals surface area (Å²) in [7, 11) is 1.76. The number of methoxy groups -OCH3 is 1. The summed E-state index contributed by atoms with van der Waals surface area (Å²) in [5, 5.41) is 16.0. The summed E-state index contributed by atoms with van der Waals surface area (Å²) < 4.78 is 22.8. The lowest BCUT2D eigenvalue weighted by Crippen LogP contribution is -2.53. The van der Waals surface area contributed by atoms with Crippen molar-refractivity contribution in [1.82, 2.24) is 29.2 Å². The number of ether oxygens (including phenoxy) is 1. The van der Waals surface area contributed by atoms with Gasteiger partial charge in [-0.2, -0.15) is 19.2 Å². The van der Waals surface area contributed by atoms with E-state index in [1.807, 2.05) is 38.3 Å². The fourth-order valence-electron chi connectivity index (χ4n) is 10.1. The number of carbonyl (C=O) groups is 2. The number of anilines is 4. The standard InChI is InChI=1S/C23H25N5O2.C22H22FN5O/c1-30-17-12-27(13-17)23-24-9-8-19-21(22(26-28(19)23)14-4-2-3-5-14)15-6-7-18-16(10-15)11-20(29)25-18;23-16-11-27(12-16)22-24-8-7-18-20(21(26-28(18)22)13-3-1-2-4-13)14-5-6-17-15(9-14)10-19(29)25-17/h6-10,14,17H,2-5,11-13H2,1H3,(H,25,29);5-9,13,16H,1-4,10-12H2,(H,25,29). The van der Waals surface area contributed by atoms with Gasteiger partial charge < -0.3 is 25.2 Å². The third kappa shape index (κ3) is 6.30. The van der Waals surface area contributed by atoms with Crippen molar-refractivity contribution in [3.8, 4) is 22.3 Å². The number of nitrogens with zero attached hydrogens (tertiary/aromatic N) is 8. The Balaban J connectivity index is 0.000000135. The molecule has 13 nitrogen and oxygen atoms in total. The van der Waals surface area contributed by atoms with Gasteiger partial charge in [0.1, 0.15) is 6.17 Å². The van der Waals surface area contributed by atoms with Gasteiger partial charge in [-0.15, -0.1) is 0 Å². The zero-order valence-electron chi connectivity index (χ0n) is 33.2. The first-order valence-electron chi connectivity index (χ1n) is 21.2. The van der Waals surface area contributed by atoms with E-state index >= 15 is 0 Å². The van der Waals surface area contributed by atoms with Crippen LogP contribution in [-0.2, 0) is 27.2 Å². The van der Waals surface area contributed by atoms with Crippen molar-refractivity contribution in [3.63, 3.8) is 0 Å². The highest BCUT2D eigenvalue weighted by Crippen LogP contribution is 2.44. The Morgan fingerprint density at radius 2 is 1.10 bits per heavy atom. The van der Waals surface area contributed by atoms with Crippen LogP contribution in [0.15, 0.2) is 60.9 Å². The number of rotatable bonds is 7. The quantitative estimate of drug-likeness (QED) is 0.174. The second-order valence-electron chi connectivity index (χ2n) is 17.0. The monoisotopic (exact) mass is 794 g/mol. The van der Waals surface area contributed by atoms with Crippen LogP contribution < -0.4 is 20.4 Å². The van der Waals surface area contributed by atoms with Crippen LogP contribution in [0.3, 0.4) is 0 Å². The number of fused-ring (bicyclic) bond motifs is 4. The van der Waals surface area contributed by atoms with E-state index in [1.54, 1.807) is 13.3 Å². The van der Waals surface area contributed by atoms with Gasteiger partial charge >= 0.3 is 0 Å². The Labute approximate surface area is 341 Å². The Kier molecular flexibility index (Phi) is 8.86. The van der Waals surface area contributed by atoms with Gasteiger partial charge in [0, 0.05) is 66.9 Å². The molecule has 0 bridgehead atoms. The number of halogens is 1. The van der Waals surface area contributed by atoms with Gasteiger partial charge in [0.2, 0.25) is 23.7 Å². The number of alkyl halides is 1. The molecule has 8 heterocycles. The second kappa shape index (κ2) is 14.4. The highest BCUT2D eigenvalue weighted by atomic mass is 19.1. The van der Waals surface area contributed by atoms with Crippen molar-refractivity contribution in [3.05, 3.63) is 83.4 Å². The van der Waals surface area contributed by atoms with Crippen molar-refractivity contribution >= 4 is 46.1 Å². The summed E-state index contributed by atoms with van der Waals surface area (Å²) in [6.45, 7) is 2.41. The van der Waals surface area contributed by atoms with Gasteiger partial charge in [0.05, 0.1) is 54.5 Å². The maximum atomic E-state index is 13.5. The van der Waals surface area contributed by atoms with Gasteiger partial charge in [-0.05, 0) is 84.3 Å². The van der Waals surface area contributed by atoms with Gasteiger partial charge in [-0.25, -0.2) is 14.4 Å². The maximum absolute atomic E-state index is 13.5. The van der Waals surface area contributed by atoms with Gasteiger partial charge in [-0.1, -0.05) is 37.8 Å². The van der Waals surface area contributed by atoms with E-state index in [1.165, 1.54) is 49.8 Å². The first kappa shape index (κ1) is 36.2. The van der Waals surface area contributed by atoms with E-state index in [9.17, 15) is 14.0 Å². The number of amides is 2. The third-order valence-electron chi connectivity index (χ3n) is 13.2. The fourth-order valence-corrected chi connectivity index (χ4v) is 10.1. The molecule has 0 atom stereocenters. The molecule has 2 saturated heterocycles. The van der Waals surface area contributed by atoms with E-state index in [-0.39, 0.29) is 17.9 Å². The van der Waals surface area contributed by atoms with Gasteiger partial charge in [-0.3, -0.25) is 9.59 Å². The Morgan fingerprint density at radius 3 is 1.54 bits per heavy atom. The van der Waals surface area contributed by atoms with E-state index in [2.05, 4.69) is 55.8 Å². The smallest absolute Gasteiger partial charge is 0.228 e. The third-order valence-corrected chi connectivity index (χ3v) is 13.2. The molecule has 6 aliphatic rings. The van der Waals surface area contributed by atoms with E-state index in [4.69, 9.17) is 14.9 Å². The van der Waals surface area contributed by atoms with Crippen molar-refractivity contribution in [2.75, 3.05) is 53.7 Å². The van der Waals surface area contributed by atoms with Crippen LogP contribution in [0.1, 0.15) is 85.7 Å². The van der Waals surface area contributed by atoms with Crippen molar-refractivity contribution in [2.24, 2.45) is 0 Å². The summed E-state index contributed by atoms with van der Waals surface area (Å²) >= 11 is 0. The van der Waals surface area contributed by atoms with Gasteiger partial charge in [0.25, 0.3) is 0 Å². The molecule has 4 aromatic heterocycles. The average molecular weight is 795 g/mol. The van der Waals surface area contributed by atoms with E-state index in [0.717, 1.165) is 87.8 Å². The molecule has 302 valence electrons. The molecule has 0 spiro atoms. The Morgan fingerprint density at radius 1 is 0.644 bits per heavy atom. The summed E-state index contributed by atoms with van der Waals surface area (Å²) in [4.78, 5) is 37.0. The molecule has 4 aliphatic heterocycles. The largest absolute Gasteiger partial charge is 0.378 e. The van der Waals surface area contributed by atoms with Crippen molar-refractivity contribution < 1.29 is 18.7 Å². The normalized spacial score (nSPS) is 19.5. The van der Waals surface area contributed by atoms with Crippen LogP contribution in [0, 0.1) is 0 Å². The molecule has 0 unspecified atom stereocenters. The molecule has 2 N–H and O–H groups in total. The molecular formula is C45H47FN10O3. The zero-order chi connectivity index (χ0) is 39.8. The average Bonchev–Trinajstić information content (AvgIpc) is 4.06. The predicted molar refractivity (Wildman–Crippen MR) is 224 cm³/mol. The summed E-state index contributed by atoms with van der Waals surface area (Å²) in [6, 6.07) is 16.5. The van der Waals surface area contributed by atoms with Crippen LogP contribution in [0.2, 0.25) is 0 Å². The number of nitrogens with one attached hydrogen (secondary N) is 2. The summed E-state index contributed by atoms with van der Waals surface area (Å²) in [6.07, 6.45) is 13.6. The molecule has 6 aromatic rings. The number of hydrogen-bond acceptors (Lipinski definition) is 9. The lowest BCUT2D eigenvalue weighted by Gasteiger charge is -2.38. The molecule has 59 heavy (non-hydrogen) atoms. The highest BCUT2D eigenvalue weighted by molar-refractivity contribution is 6.01. The summed E-state index contributed by atoms with van der Waals surface area (Å²) in [5.41, 5.74) is 12.8. The molecule has 12 rings (SSSR count). The molecule has 2 aromatic carbocycles. The predicted octanol–water partition coefficient (Wildman–Crippen LogP) is 7.09. The molecule has 0 radical (unpaired) electrons. The number of benzene rings is 2. The molecule has 2 amide bonds. The first-order valence-corrected chi connectivity index (χ1v) is 21.2. The SMILES string of the molecule is COC1CN(c2nccc3c(-c4ccc5c(c4)CC(=O)N5)c(C4CCCC4)nn23)C1.O=C1Cc2cc(-c3c(C4CCCC4)nn4c(N5CC(F)C5)nccc34)ccc2N1. The van der Waals surface area contributed by atoms with Crippen LogP contribution in [0.5, 0.6) is 0 Å². The van der Waals surface area contributed by atoms with Crippen LogP contribution in [0.25, 0.3) is 33.3 Å². The minimum absolute atomic E-state index is 0.0399. The fraction of sp³-hybridized carbons (Fsp3) is 0.422. The summed E-state index contributed by atoms with van der Waals surface area (Å²) in [5.74, 6) is 2.59. The minimum Gasteiger partial charge on any atom is -0.378 e. The minimum atomic E-state index is -0.793. The number of hydrogen-bond donors (Lipinski definition) is 2. The number of carbonyl (C=O) groups excluding carboxylic acids is 2. The topological polar surface area (TPSA) is 134 Å². The van der Waals surface area contributed by atoms with E-state index in [0.29, 0.717) is 43.7 Å². The molecule has 14 heteroatoms. The molecule has 2 aliphatic carbocycles. The lowest BCUT2D eigenvalue weighted by molar-refractivity contribution is -0.115. The van der Waals surface area contributed by atoms with E-state index < -0.39 is 6.17 Å². The Hall–Kier alpha value is -5.89. The second-order valence-corrected chi connectivity index (χ2v) is 17.0. The molecular weight excluding hydrogens is 748 g/mol. The van der Waals surface area contributed by atoms with Gasteiger partial charge in [0.15, 0.2) is 0 Å². The zero-order valence-corrected chi connectivity index (χ0v) is 33.2. The van der Waals surface area contributed by atoms with Crippen LogP contribution in [0.4, 0.5) is 27.7 Å². The highest BCUT2D eigenvalue weighted by Gasteiger charge is 2.34. The van der Waals surface area contributed by atoms with Crippen LogP contribution in [-0.4, -0.2) is 86.6 Å². The Bertz CT molecular complexity index is 2630. The van der Waals surface area contributed by atoms with Crippen molar-refractivity contribution in [2.45, 2.75) is 88.3 Å². The van der Waals surface area contributed by atoms with Crippen molar-refractivity contribution in [1.29, 1.82) is 0 Å². The lowest BCUT2D eigenvalue weighted by atomic mass is 9.93. The number of aromatic nitrogens is 6. The first-order chi connectivity index (χ1) is 28.9.